The van der Waals surface area contributed by atoms with Crippen LogP contribution in [0.15, 0.2) is 52.2 Å². The highest BCUT2D eigenvalue weighted by Crippen LogP contribution is 2.03. The molecule has 0 aliphatic rings. The molecule has 0 aromatic carbocycles. The largest absolute Gasteiger partial charge is 0.470 e. The number of hydrogen-bond donors (Lipinski definition) is 0. The average Bonchev–Trinajstić information content (AvgIpc) is 2.57. The van der Waals surface area contributed by atoms with Crippen molar-refractivity contribution in [1.29, 1.82) is 0 Å². The molecule has 2 rings (SSSR count). The molecule has 2 heterocycles. The molecule has 3 nitrogen and oxygen atoms in total. The number of rotatable bonds is 1. The maximum absolute atomic E-state index is 11.2. The topological polar surface area (TPSA) is 35.1 Å². The van der Waals surface area contributed by atoms with E-state index in [1.165, 1.54) is 23.2 Å². The van der Waals surface area contributed by atoms with Crippen LogP contribution in [0.5, 0.6) is 0 Å². The van der Waals surface area contributed by atoms with Crippen LogP contribution in [0.3, 0.4) is 0 Å². The van der Waals surface area contributed by atoms with Gasteiger partial charge in [0.25, 0.3) is 5.56 Å². The highest BCUT2D eigenvalue weighted by atomic mass is 16.3. The molecule has 0 radical (unpaired) electrons. The van der Waals surface area contributed by atoms with Crippen molar-refractivity contribution in [2.24, 2.45) is 0 Å². The van der Waals surface area contributed by atoms with Crippen LogP contribution in [0.2, 0.25) is 0 Å². The molecule has 0 saturated heterocycles. The average molecular weight is 161 g/mol. The highest BCUT2D eigenvalue weighted by molar-refractivity contribution is 5.26. The summed E-state index contributed by atoms with van der Waals surface area (Å²) in [5.74, 6) is 0. The second-order valence-corrected chi connectivity index (χ2v) is 2.39. The number of furan rings is 1. The molecule has 0 amide bonds. The Morgan fingerprint density at radius 2 is 2.17 bits per heavy atom. The van der Waals surface area contributed by atoms with E-state index >= 15 is 0 Å². The van der Waals surface area contributed by atoms with Crippen molar-refractivity contribution in [3.8, 4) is 5.69 Å². The van der Waals surface area contributed by atoms with Crippen LogP contribution in [0.4, 0.5) is 0 Å². The van der Waals surface area contributed by atoms with Crippen LogP contribution in [-0.4, -0.2) is 4.57 Å². The Morgan fingerprint density at radius 3 is 2.83 bits per heavy atom. The molecule has 0 aliphatic heterocycles. The van der Waals surface area contributed by atoms with E-state index in [1.807, 2.05) is 0 Å². The Balaban J connectivity index is 2.63. The smallest absolute Gasteiger partial charge is 0.255 e. The zero-order valence-electron chi connectivity index (χ0n) is 6.31. The number of nitrogens with zero attached hydrogens (tertiary/aromatic N) is 1. The van der Waals surface area contributed by atoms with Crippen LogP contribution >= 0.6 is 0 Å². The predicted octanol–water partition coefficient (Wildman–Crippen LogP) is 1.43. The first-order valence-corrected chi connectivity index (χ1v) is 3.58. The van der Waals surface area contributed by atoms with Gasteiger partial charge < -0.3 is 4.42 Å². The summed E-state index contributed by atoms with van der Waals surface area (Å²) in [4.78, 5) is 11.2. The summed E-state index contributed by atoms with van der Waals surface area (Å²) < 4.78 is 6.38. The Labute approximate surface area is 68.9 Å². The SMILES string of the molecule is O=c1ccccn1-c1ccoc1. The van der Waals surface area contributed by atoms with Crippen molar-refractivity contribution in [1.82, 2.24) is 4.57 Å². The van der Waals surface area contributed by atoms with E-state index in [2.05, 4.69) is 0 Å². The van der Waals surface area contributed by atoms with Crippen LogP contribution in [0, 0.1) is 0 Å². The third-order valence-electron chi connectivity index (χ3n) is 1.61. The van der Waals surface area contributed by atoms with Crippen molar-refractivity contribution in [2.75, 3.05) is 0 Å². The monoisotopic (exact) mass is 161 g/mol. The Kier molecular flexibility index (Phi) is 1.55. The van der Waals surface area contributed by atoms with Gasteiger partial charge in [-0.3, -0.25) is 9.36 Å². The molecule has 0 fully saturated rings. The first-order valence-electron chi connectivity index (χ1n) is 3.58. The molecule has 0 saturated carbocycles. The Hall–Kier alpha value is -1.77. The standard InChI is InChI=1S/C9H7NO2/c11-9-3-1-2-5-10(9)8-4-6-12-7-8/h1-7H. The third kappa shape index (κ3) is 1.05. The maximum atomic E-state index is 11.2. The van der Waals surface area contributed by atoms with Gasteiger partial charge >= 0.3 is 0 Å². The van der Waals surface area contributed by atoms with Crippen LogP contribution < -0.4 is 5.56 Å². The Bertz CT molecular complexity index is 414. The lowest BCUT2D eigenvalue weighted by molar-refractivity contribution is 0.565. The minimum atomic E-state index is -0.0566. The second kappa shape index (κ2) is 2.70. The fraction of sp³-hybridized carbons (Fsp3) is 0. The van der Waals surface area contributed by atoms with Crippen molar-refractivity contribution in [2.45, 2.75) is 0 Å². The van der Waals surface area contributed by atoms with Gasteiger partial charge in [-0.05, 0) is 6.07 Å². The normalized spacial score (nSPS) is 10.0. The van der Waals surface area contributed by atoms with Gasteiger partial charge in [0.05, 0.1) is 12.0 Å². The molecule has 0 unspecified atom stereocenters. The predicted molar refractivity (Wildman–Crippen MR) is 44.3 cm³/mol. The summed E-state index contributed by atoms with van der Waals surface area (Å²) in [6, 6.07) is 6.75. The molecular weight excluding hydrogens is 154 g/mol. The van der Waals surface area contributed by atoms with Gasteiger partial charge in [-0.1, -0.05) is 6.07 Å². The molecule has 2 aromatic heterocycles. The molecule has 12 heavy (non-hydrogen) atoms. The lowest BCUT2D eigenvalue weighted by Crippen LogP contribution is -2.14. The number of pyridine rings is 1. The van der Waals surface area contributed by atoms with E-state index in [4.69, 9.17) is 4.42 Å². The lowest BCUT2D eigenvalue weighted by atomic mass is 10.4. The zero-order chi connectivity index (χ0) is 8.39. The first-order chi connectivity index (χ1) is 5.88. The molecule has 2 aromatic rings. The van der Waals surface area contributed by atoms with Gasteiger partial charge in [-0.15, -0.1) is 0 Å². The van der Waals surface area contributed by atoms with Gasteiger partial charge in [0.2, 0.25) is 0 Å². The molecular formula is C9H7NO2. The summed E-state index contributed by atoms with van der Waals surface area (Å²) in [6.07, 6.45) is 4.77. The fourth-order valence-electron chi connectivity index (χ4n) is 1.04. The quantitative estimate of drug-likeness (QED) is 0.634. The van der Waals surface area contributed by atoms with Crippen LogP contribution in [-0.2, 0) is 0 Å². The molecule has 60 valence electrons. The van der Waals surface area contributed by atoms with E-state index in [1.54, 1.807) is 24.4 Å². The summed E-state index contributed by atoms with van der Waals surface area (Å²) in [6.45, 7) is 0. The Morgan fingerprint density at radius 1 is 1.25 bits per heavy atom. The van der Waals surface area contributed by atoms with E-state index in [-0.39, 0.29) is 5.56 Å². The molecule has 0 spiro atoms. The second-order valence-electron chi connectivity index (χ2n) is 2.39. The fourth-order valence-corrected chi connectivity index (χ4v) is 1.04. The summed E-state index contributed by atoms with van der Waals surface area (Å²) in [5.41, 5.74) is 0.694. The van der Waals surface area contributed by atoms with Crippen LogP contribution in [0.1, 0.15) is 0 Å². The van der Waals surface area contributed by atoms with Crippen molar-refractivity contribution in [3.63, 3.8) is 0 Å². The van der Waals surface area contributed by atoms with Crippen molar-refractivity contribution >= 4 is 0 Å². The summed E-state index contributed by atoms with van der Waals surface area (Å²) in [7, 11) is 0. The summed E-state index contributed by atoms with van der Waals surface area (Å²) >= 11 is 0. The summed E-state index contributed by atoms with van der Waals surface area (Å²) in [5, 5.41) is 0. The first kappa shape index (κ1) is 6.91. The molecule has 0 aliphatic carbocycles. The van der Waals surface area contributed by atoms with Crippen LogP contribution in [0.25, 0.3) is 5.69 Å². The van der Waals surface area contributed by atoms with Gasteiger partial charge in [-0.25, -0.2) is 0 Å². The zero-order valence-corrected chi connectivity index (χ0v) is 6.31. The molecule has 3 heteroatoms. The lowest BCUT2D eigenvalue weighted by Gasteiger charge is -1.97. The number of hydrogen-bond acceptors (Lipinski definition) is 2. The van der Waals surface area contributed by atoms with E-state index in [0.29, 0.717) is 0 Å². The maximum Gasteiger partial charge on any atom is 0.255 e. The third-order valence-corrected chi connectivity index (χ3v) is 1.61. The molecule has 0 atom stereocenters. The van der Waals surface area contributed by atoms with Crippen molar-refractivity contribution in [3.05, 3.63) is 53.3 Å². The minimum Gasteiger partial charge on any atom is -0.470 e. The van der Waals surface area contributed by atoms with Crippen molar-refractivity contribution < 1.29 is 4.42 Å². The van der Waals surface area contributed by atoms with Gasteiger partial charge in [0.1, 0.15) is 6.26 Å². The van der Waals surface area contributed by atoms with Gasteiger partial charge in [-0.2, -0.15) is 0 Å². The van der Waals surface area contributed by atoms with E-state index in [0.717, 1.165) is 5.69 Å². The van der Waals surface area contributed by atoms with Gasteiger partial charge in [0.15, 0.2) is 0 Å². The minimum absolute atomic E-state index is 0.0566. The highest BCUT2D eigenvalue weighted by Gasteiger charge is 1.97. The number of aromatic nitrogens is 1. The van der Waals surface area contributed by atoms with Gasteiger partial charge in [0, 0.05) is 18.3 Å². The van der Waals surface area contributed by atoms with E-state index < -0.39 is 0 Å². The molecule has 0 bridgehead atoms. The van der Waals surface area contributed by atoms with E-state index in [9.17, 15) is 4.79 Å². The molecule has 0 N–H and O–H groups in total.